The largest absolute Gasteiger partial charge is 0.493 e. The Hall–Kier alpha value is -4.94. The molecule has 0 saturated carbocycles. The van der Waals surface area contributed by atoms with Gasteiger partial charge in [0.25, 0.3) is 0 Å². The summed E-state index contributed by atoms with van der Waals surface area (Å²) in [5.74, 6) is 0.915. The first kappa shape index (κ1) is 35.9. The number of ether oxygens (including phenoxy) is 5. The second-order valence-electron chi connectivity index (χ2n) is 12.8. The van der Waals surface area contributed by atoms with Crippen LogP contribution >= 0.6 is 0 Å². The summed E-state index contributed by atoms with van der Waals surface area (Å²) in [6.45, 7) is 2.28. The van der Waals surface area contributed by atoms with Crippen LogP contribution in [-0.4, -0.2) is 68.6 Å². The normalized spacial score (nSPS) is 19.3. The molecule has 2 aliphatic heterocycles. The number of hydrogen-bond donors (Lipinski definition) is 3. The van der Waals surface area contributed by atoms with E-state index in [1.165, 1.54) is 18.2 Å². The molecule has 6 rings (SSSR count). The molecule has 0 bridgehead atoms. The molecule has 1 fully saturated rings. The monoisotopic (exact) mass is 695 g/mol. The third-order valence-corrected chi connectivity index (χ3v) is 9.36. The number of methoxy groups -OCH3 is 3. The highest BCUT2D eigenvalue weighted by atomic mass is 16.7. The molecular weight excluding hydrogens is 650 g/mol. The molecule has 0 radical (unpaired) electrons. The SMILES string of the molecule is COC(=O)[C@H](Cc1ccccc1)NC(=O)Nc1cccc([C@@H]2O[C@H](CN3CCc4cc(OC)c(OC)cc4C3)C[C@H](c3ccc(CO)cc3)O2)c1. The molecule has 0 unspecified atom stereocenters. The Labute approximate surface area is 298 Å². The zero-order chi connectivity index (χ0) is 35.7. The van der Waals surface area contributed by atoms with Gasteiger partial charge in [0.1, 0.15) is 6.04 Å². The van der Waals surface area contributed by atoms with Crippen LogP contribution in [0.25, 0.3) is 0 Å². The predicted molar refractivity (Wildman–Crippen MR) is 191 cm³/mol. The molecule has 0 spiro atoms. The Morgan fingerprint density at radius 3 is 2.31 bits per heavy atom. The lowest BCUT2D eigenvalue weighted by Crippen LogP contribution is -2.45. The summed E-state index contributed by atoms with van der Waals surface area (Å²) in [7, 11) is 4.60. The van der Waals surface area contributed by atoms with E-state index in [1.54, 1.807) is 20.3 Å². The summed E-state index contributed by atoms with van der Waals surface area (Å²) in [5.41, 5.74) is 6.43. The summed E-state index contributed by atoms with van der Waals surface area (Å²) < 4.78 is 29.3. The number of carbonyl (C=O) groups is 2. The van der Waals surface area contributed by atoms with Crippen LogP contribution < -0.4 is 20.1 Å². The highest BCUT2D eigenvalue weighted by molar-refractivity contribution is 5.92. The number of amides is 2. The zero-order valence-electron chi connectivity index (χ0n) is 29.2. The van der Waals surface area contributed by atoms with Crippen molar-refractivity contribution < 1.29 is 38.4 Å². The maximum absolute atomic E-state index is 13.1. The van der Waals surface area contributed by atoms with E-state index in [2.05, 4.69) is 27.7 Å². The van der Waals surface area contributed by atoms with Crippen molar-refractivity contribution >= 4 is 17.7 Å². The molecule has 1 saturated heterocycles. The van der Waals surface area contributed by atoms with Gasteiger partial charge in [0.15, 0.2) is 17.8 Å². The van der Waals surface area contributed by atoms with Crippen LogP contribution in [0.1, 0.15) is 52.2 Å². The molecule has 0 aromatic heterocycles. The van der Waals surface area contributed by atoms with Gasteiger partial charge >= 0.3 is 12.0 Å². The van der Waals surface area contributed by atoms with Crippen LogP contribution in [0, 0.1) is 0 Å². The average Bonchev–Trinajstić information content (AvgIpc) is 3.17. The van der Waals surface area contributed by atoms with Crippen molar-refractivity contribution in [2.45, 2.75) is 57.0 Å². The molecule has 2 heterocycles. The van der Waals surface area contributed by atoms with Gasteiger partial charge in [-0.25, -0.2) is 9.59 Å². The maximum Gasteiger partial charge on any atom is 0.328 e. The van der Waals surface area contributed by atoms with E-state index >= 15 is 0 Å². The van der Waals surface area contributed by atoms with Crippen LogP contribution in [-0.2, 0) is 45.0 Å². The van der Waals surface area contributed by atoms with Crippen LogP contribution in [0.4, 0.5) is 10.5 Å². The number of anilines is 1. The van der Waals surface area contributed by atoms with E-state index in [0.29, 0.717) is 24.4 Å². The summed E-state index contributed by atoms with van der Waals surface area (Å²) >= 11 is 0. The number of aliphatic hydroxyl groups excluding tert-OH is 1. The van der Waals surface area contributed by atoms with Gasteiger partial charge in [-0.2, -0.15) is 0 Å². The molecule has 4 aromatic carbocycles. The van der Waals surface area contributed by atoms with E-state index in [-0.39, 0.29) is 25.2 Å². The number of nitrogens with one attached hydrogen (secondary N) is 2. The fraction of sp³-hybridized carbons (Fsp3) is 0.350. The first-order chi connectivity index (χ1) is 24.8. The van der Waals surface area contributed by atoms with Gasteiger partial charge in [-0.3, -0.25) is 4.90 Å². The number of carbonyl (C=O) groups excluding carboxylic acids is 2. The van der Waals surface area contributed by atoms with Crippen molar-refractivity contribution in [3.05, 3.63) is 124 Å². The standard InChI is InChI=1S/C40H45N3O8/c1-47-36-20-29-16-17-43(23-31(29)21-37(36)48-2)24-33-22-35(28-14-12-27(25-44)13-15-28)51-39(50-33)30-10-7-11-32(19-30)41-40(46)42-34(38(45)49-3)18-26-8-5-4-6-9-26/h4-15,19-21,33-35,39,44H,16-18,22-25H2,1-3H3,(H2,41,42,46)/t33-,34-,35+,39+/m0/s1. The molecule has 11 heteroatoms. The van der Waals surface area contributed by atoms with Crippen molar-refractivity contribution in [1.82, 2.24) is 10.2 Å². The Balaban J connectivity index is 1.17. The average molecular weight is 696 g/mol. The second-order valence-corrected chi connectivity index (χ2v) is 12.8. The van der Waals surface area contributed by atoms with Gasteiger partial charge in [0, 0.05) is 43.7 Å². The molecule has 2 amide bonds. The number of fused-ring (bicyclic) bond motifs is 1. The topological polar surface area (TPSA) is 128 Å². The number of aliphatic hydroxyl groups is 1. The van der Waals surface area contributed by atoms with Crippen LogP contribution in [0.2, 0.25) is 0 Å². The molecular formula is C40H45N3O8. The molecule has 2 aliphatic rings. The van der Waals surface area contributed by atoms with Crippen molar-refractivity contribution in [3.63, 3.8) is 0 Å². The van der Waals surface area contributed by atoms with Gasteiger partial charge in [0.2, 0.25) is 0 Å². The smallest absolute Gasteiger partial charge is 0.328 e. The molecule has 4 aromatic rings. The number of rotatable bonds is 12. The summed E-state index contributed by atoms with van der Waals surface area (Å²) in [6, 6.07) is 27.3. The number of nitrogens with zero attached hydrogens (tertiary/aromatic N) is 1. The van der Waals surface area contributed by atoms with Gasteiger partial charge in [-0.1, -0.05) is 66.7 Å². The van der Waals surface area contributed by atoms with Gasteiger partial charge in [-0.05, 0) is 58.5 Å². The second kappa shape index (κ2) is 16.8. The van der Waals surface area contributed by atoms with E-state index in [4.69, 9.17) is 23.7 Å². The molecule has 268 valence electrons. The maximum atomic E-state index is 13.1. The zero-order valence-corrected chi connectivity index (χ0v) is 29.2. The summed E-state index contributed by atoms with van der Waals surface area (Å²) in [6.07, 6.45) is 0.677. The van der Waals surface area contributed by atoms with Crippen LogP contribution in [0.15, 0.2) is 91.0 Å². The molecule has 0 aliphatic carbocycles. The lowest BCUT2D eigenvalue weighted by Gasteiger charge is -2.39. The van der Waals surface area contributed by atoms with Crippen molar-refractivity contribution in [1.29, 1.82) is 0 Å². The predicted octanol–water partition coefficient (Wildman–Crippen LogP) is 5.71. The Morgan fingerprint density at radius 1 is 0.863 bits per heavy atom. The minimum absolute atomic E-state index is 0.0345. The third-order valence-electron chi connectivity index (χ3n) is 9.36. The van der Waals surface area contributed by atoms with Gasteiger partial charge in [0.05, 0.1) is 40.1 Å². The number of benzene rings is 4. The minimum Gasteiger partial charge on any atom is -0.493 e. The number of urea groups is 1. The fourth-order valence-corrected chi connectivity index (χ4v) is 6.69. The van der Waals surface area contributed by atoms with Crippen molar-refractivity contribution in [3.8, 4) is 11.5 Å². The fourth-order valence-electron chi connectivity index (χ4n) is 6.69. The van der Waals surface area contributed by atoms with E-state index < -0.39 is 24.3 Å². The van der Waals surface area contributed by atoms with Crippen molar-refractivity contribution in [2.75, 3.05) is 39.7 Å². The lowest BCUT2D eigenvalue weighted by atomic mass is 9.97. The van der Waals surface area contributed by atoms with Crippen molar-refractivity contribution in [2.24, 2.45) is 0 Å². The van der Waals surface area contributed by atoms with E-state index in [1.807, 2.05) is 72.8 Å². The third kappa shape index (κ3) is 9.05. The number of hydrogen-bond acceptors (Lipinski definition) is 9. The molecule has 11 nitrogen and oxygen atoms in total. The van der Waals surface area contributed by atoms with Gasteiger partial charge < -0.3 is 39.4 Å². The van der Waals surface area contributed by atoms with E-state index in [9.17, 15) is 14.7 Å². The highest BCUT2D eigenvalue weighted by Crippen LogP contribution is 2.39. The summed E-state index contributed by atoms with van der Waals surface area (Å²) in [4.78, 5) is 28.0. The Morgan fingerprint density at radius 2 is 1.61 bits per heavy atom. The first-order valence-corrected chi connectivity index (χ1v) is 17.1. The highest BCUT2D eigenvalue weighted by Gasteiger charge is 2.34. The van der Waals surface area contributed by atoms with E-state index in [0.717, 1.165) is 47.5 Å². The quantitative estimate of drug-likeness (QED) is 0.160. The molecule has 51 heavy (non-hydrogen) atoms. The van der Waals surface area contributed by atoms with Crippen LogP contribution in [0.3, 0.4) is 0 Å². The molecule has 4 atom stereocenters. The lowest BCUT2D eigenvalue weighted by molar-refractivity contribution is -0.253. The van der Waals surface area contributed by atoms with Gasteiger partial charge in [-0.15, -0.1) is 0 Å². The molecule has 3 N–H and O–H groups in total. The minimum atomic E-state index is -0.866. The van der Waals surface area contributed by atoms with Crippen LogP contribution in [0.5, 0.6) is 11.5 Å². The Bertz CT molecular complexity index is 1780. The first-order valence-electron chi connectivity index (χ1n) is 17.1. The summed E-state index contributed by atoms with van der Waals surface area (Å²) in [5, 5.41) is 15.2. The Kier molecular flexibility index (Phi) is 11.8. The number of esters is 1.